The number of benzene rings is 1. The molecule has 0 bridgehead atoms. The molecule has 0 aliphatic heterocycles. The van der Waals surface area contributed by atoms with E-state index in [0.717, 1.165) is 34.5 Å². The van der Waals surface area contributed by atoms with Crippen LogP contribution >= 0.6 is 11.8 Å². The Morgan fingerprint density at radius 1 is 1.33 bits per heavy atom. The summed E-state index contributed by atoms with van der Waals surface area (Å²) >= 11 is 1.64. The van der Waals surface area contributed by atoms with Gasteiger partial charge >= 0.3 is 0 Å². The third-order valence-electron chi connectivity index (χ3n) is 3.53. The van der Waals surface area contributed by atoms with Crippen LogP contribution in [0.1, 0.15) is 43.3 Å². The van der Waals surface area contributed by atoms with Gasteiger partial charge in [0.1, 0.15) is 16.6 Å². The Hall–Kier alpha value is -1.46. The summed E-state index contributed by atoms with van der Waals surface area (Å²) in [6.07, 6.45) is 1.03. The van der Waals surface area contributed by atoms with E-state index in [1.54, 1.807) is 18.9 Å². The lowest BCUT2D eigenvalue weighted by Crippen LogP contribution is -1.94. The number of nitrogens with one attached hydrogen (secondary N) is 1. The monoisotopic (exact) mass is 306 g/mol. The molecule has 2 aromatic rings. The highest BCUT2D eigenvalue weighted by Crippen LogP contribution is 2.28. The average molecular weight is 306 g/mol. The van der Waals surface area contributed by atoms with Crippen LogP contribution in [0.15, 0.2) is 29.3 Å². The highest BCUT2D eigenvalue weighted by atomic mass is 32.2. The average Bonchev–Trinajstić information content (AvgIpc) is 2.96. The van der Waals surface area contributed by atoms with Gasteiger partial charge in [-0.15, -0.1) is 0 Å². The Morgan fingerprint density at radius 3 is 2.62 bits per heavy atom. The molecule has 1 aromatic heterocycles. The molecule has 0 amide bonds. The number of H-pyrrole nitrogens is 1. The number of methoxy groups -OCH3 is 1. The van der Waals surface area contributed by atoms with Crippen LogP contribution in [0.2, 0.25) is 0 Å². The Balaban J connectivity index is 2.06. The van der Waals surface area contributed by atoms with Gasteiger partial charge < -0.3 is 14.8 Å². The third-order valence-corrected chi connectivity index (χ3v) is 4.62. The molecule has 0 saturated heterocycles. The van der Waals surface area contributed by atoms with E-state index in [1.165, 1.54) is 5.56 Å². The molecule has 0 aliphatic rings. The van der Waals surface area contributed by atoms with Crippen LogP contribution < -0.4 is 4.74 Å². The fraction of sp³-hybridized carbons (Fsp3) is 0.438. The van der Waals surface area contributed by atoms with Gasteiger partial charge in [0.05, 0.1) is 19.4 Å². The van der Waals surface area contributed by atoms with E-state index < -0.39 is 0 Å². The fourth-order valence-electron chi connectivity index (χ4n) is 1.94. The molecule has 1 heterocycles. The molecule has 1 unspecified atom stereocenters. The smallest absolute Gasteiger partial charge is 0.120 e. The summed E-state index contributed by atoms with van der Waals surface area (Å²) in [5.41, 5.74) is 2.02. The zero-order chi connectivity index (χ0) is 15.2. The highest BCUT2D eigenvalue weighted by Gasteiger charge is 2.14. The third kappa shape index (κ3) is 4.02. The van der Waals surface area contributed by atoms with Gasteiger partial charge in [-0.05, 0) is 24.1 Å². The first-order valence-electron chi connectivity index (χ1n) is 7.13. The summed E-state index contributed by atoms with van der Waals surface area (Å²) in [5, 5.41) is 10.3. The standard InChI is InChI=1S/C16H22N2O2S/c1-4-11(2)15-17-14(9-19)16(18-15)21-10-12-5-7-13(20-3)8-6-12/h5-8,11,19H,4,9-10H2,1-3H3,(H,17,18). The molecule has 21 heavy (non-hydrogen) atoms. The van der Waals surface area contributed by atoms with E-state index >= 15 is 0 Å². The number of imidazole rings is 1. The van der Waals surface area contributed by atoms with Crippen molar-refractivity contribution in [2.75, 3.05) is 7.11 Å². The number of thioether (sulfide) groups is 1. The molecule has 4 nitrogen and oxygen atoms in total. The first kappa shape index (κ1) is 15.9. The maximum Gasteiger partial charge on any atom is 0.120 e. The van der Waals surface area contributed by atoms with Crippen molar-refractivity contribution in [2.45, 2.75) is 43.6 Å². The van der Waals surface area contributed by atoms with Gasteiger partial charge in [-0.3, -0.25) is 0 Å². The van der Waals surface area contributed by atoms with Crippen molar-refractivity contribution in [2.24, 2.45) is 0 Å². The number of aromatic amines is 1. The second kappa shape index (κ2) is 7.52. The second-order valence-corrected chi connectivity index (χ2v) is 5.97. The van der Waals surface area contributed by atoms with Gasteiger partial charge in [-0.2, -0.15) is 0 Å². The Kier molecular flexibility index (Phi) is 5.70. The van der Waals surface area contributed by atoms with Crippen molar-refractivity contribution in [3.63, 3.8) is 0 Å². The van der Waals surface area contributed by atoms with Crippen LogP contribution in [0.5, 0.6) is 5.75 Å². The van der Waals surface area contributed by atoms with E-state index in [9.17, 15) is 5.11 Å². The molecule has 0 radical (unpaired) electrons. The molecule has 0 fully saturated rings. The van der Waals surface area contributed by atoms with Gasteiger partial charge in [-0.1, -0.05) is 37.7 Å². The second-order valence-electron chi connectivity index (χ2n) is 5.01. The quantitative estimate of drug-likeness (QED) is 0.766. The minimum absolute atomic E-state index is 0.00558. The zero-order valence-electron chi connectivity index (χ0n) is 12.7. The molecular formula is C16H22N2O2S. The number of nitrogens with zero attached hydrogens (tertiary/aromatic N) is 1. The van der Waals surface area contributed by atoms with Crippen molar-refractivity contribution in [1.82, 2.24) is 9.97 Å². The van der Waals surface area contributed by atoms with Crippen LogP contribution in [0.25, 0.3) is 0 Å². The van der Waals surface area contributed by atoms with Crippen molar-refractivity contribution < 1.29 is 9.84 Å². The topological polar surface area (TPSA) is 58.1 Å². The lowest BCUT2D eigenvalue weighted by Gasteiger charge is -2.03. The SMILES string of the molecule is CCC(C)c1nc(SCc2ccc(OC)cc2)c(CO)[nH]1. The summed E-state index contributed by atoms with van der Waals surface area (Å²) in [6.45, 7) is 4.27. The fourth-order valence-corrected chi connectivity index (χ4v) is 2.89. The maximum absolute atomic E-state index is 9.45. The van der Waals surface area contributed by atoms with E-state index in [2.05, 4.69) is 23.8 Å². The summed E-state index contributed by atoms with van der Waals surface area (Å²) in [6, 6.07) is 8.01. The molecule has 0 aliphatic carbocycles. The molecule has 5 heteroatoms. The van der Waals surface area contributed by atoms with Crippen LogP contribution in [-0.2, 0) is 12.4 Å². The lowest BCUT2D eigenvalue weighted by atomic mass is 10.1. The van der Waals surface area contributed by atoms with Crippen molar-refractivity contribution >= 4 is 11.8 Å². The van der Waals surface area contributed by atoms with E-state index in [-0.39, 0.29) is 6.61 Å². The van der Waals surface area contributed by atoms with E-state index in [4.69, 9.17) is 4.74 Å². The predicted octanol–water partition coefficient (Wildman–Crippen LogP) is 3.72. The number of hydrogen-bond donors (Lipinski definition) is 2. The summed E-state index contributed by atoms with van der Waals surface area (Å²) in [7, 11) is 1.66. The number of aliphatic hydroxyl groups is 1. The Labute approximate surface area is 130 Å². The number of rotatable bonds is 7. The number of ether oxygens (including phenoxy) is 1. The maximum atomic E-state index is 9.45. The minimum atomic E-state index is -0.00558. The molecule has 2 rings (SSSR count). The lowest BCUT2D eigenvalue weighted by molar-refractivity contribution is 0.274. The Bertz CT molecular complexity index is 566. The van der Waals surface area contributed by atoms with Gasteiger partial charge in [0, 0.05) is 11.7 Å². The normalized spacial score (nSPS) is 12.4. The summed E-state index contributed by atoms with van der Waals surface area (Å²) in [5.74, 6) is 3.02. The Morgan fingerprint density at radius 2 is 2.05 bits per heavy atom. The summed E-state index contributed by atoms with van der Waals surface area (Å²) < 4.78 is 5.15. The molecule has 0 saturated carbocycles. The van der Waals surface area contributed by atoms with Gasteiger partial charge in [0.25, 0.3) is 0 Å². The van der Waals surface area contributed by atoms with Gasteiger partial charge in [0.2, 0.25) is 0 Å². The predicted molar refractivity (Wildman–Crippen MR) is 85.8 cm³/mol. The van der Waals surface area contributed by atoms with E-state index in [1.807, 2.05) is 24.3 Å². The minimum Gasteiger partial charge on any atom is -0.497 e. The number of aromatic nitrogens is 2. The van der Waals surface area contributed by atoms with Crippen LogP contribution in [-0.4, -0.2) is 22.2 Å². The first-order valence-corrected chi connectivity index (χ1v) is 8.11. The summed E-state index contributed by atoms with van der Waals surface area (Å²) in [4.78, 5) is 7.86. The first-order chi connectivity index (χ1) is 10.2. The van der Waals surface area contributed by atoms with E-state index in [0.29, 0.717) is 5.92 Å². The van der Waals surface area contributed by atoms with Crippen LogP contribution in [0.4, 0.5) is 0 Å². The molecule has 1 atom stereocenters. The molecule has 0 spiro atoms. The van der Waals surface area contributed by atoms with Crippen molar-refractivity contribution in [3.8, 4) is 5.75 Å². The highest BCUT2D eigenvalue weighted by molar-refractivity contribution is 7.98. The van der Waals surface area contributed by atoms with Gasteiger partial charge in [-0.25, -0.2) is 4.98 Å². The number of hydrogen-bond acceptors (Lipinski definition) is 4. The largest absolute Gasteiger partial charge is 0.497 e. The van der Waals surface area contributed by atoms with Crippen LogP contribution in [0.3, 0.4) is 0 Å². The molecule has 114 valence electrons. The van der Waals surface area contributed by atoms with Gasteiger partial charge in [0.15, 0.2) is 0 Å². The van der Waals surface area contributed by atoms with Crippen LogP contribution in [0, 0.1) is 0 Å². The molecular weight excluding hydrogens is 284 g/mol. The number of aliphatic hydroxyl groups excluding tert-OH is 1. The molecule has 2 N–H and O–H groups in total. The van der Waals surface area contributed by atoms with Crippen molar-refractivity contribution in [3.05, 3.63) is 41.3 Å². The molecule has 1 aromatic carbocycles. The zero-order valence-corrected chi connectivity index (χ0v) is 13.5. The van der Waals surface area contributed by atoms with Crippen molar-refractivity contribution in [1.29, 1.82) is 0 Å².